The maximum Gasteiger partial charge on any atom is 0.412 e. The summed E-state index contributed by atoms with van der Waals surface area (Å²) >= 11 is 0. The molecule has 0 fully saturated rings. The van der Waals surface area contributed by atoms with Gasteiger partial charge in [0, 0.05) is 18.3 Å². The molecule has 5 rings (SSSR count). The Labute approximate surface area is 272 Å². The van der Waals surface area contributed by atoms with Crippen LogP contribution in [0.3, 0.4) is 0 Å². The van der Waals surface area contributed by atoms with E-state index >= 15 is 0 Å². The molecule has 240 valence electrons. The largest absolute Gasteiger partial charge is 0.443 e. The van der Waals surface area contributed by atoms with Crippen LogP contribution in [0.2, 0.25) is 0 Å². The molecule has 47 heavy (non-hydrogen) atoms. The molecule has 3 amide bonds. The topological polar surface area (TPSA) is 156 Å². The molecule has 2 heterocycles. The number of aliphatic hydroxyl groups excluding tert-OH is 1. The van der Waals surface area contributed by atoms with Crippen molar-refractivity contribution in [1.29, 1.82) is 0 Å². The molecule has 11 nitrogen and oxygen atoms in total. The minimum Gasteiger partial charge on any atom is -0.443 e. The summed E-state index contributed by atoms with van der Waals surface area (Å²) in [5.74, 6) is -0.947. The third-order valence-corrected chi connectivity index (χ3v) is 7.41. The van der Waals surface area contributed by atoms with Gasteiger partial charge in [-0.1, -0.05) is 84.0 Å². The second kappa shape index (κ2) is 16.5. The minimum atomic E-state index is -1.06. The number of carbonyl (C=O) groups excluding carboxylic acids is 3. The molecular formula is C36H35N5O6. The number of ether oxygens (including phenoxy) is 1. The average Bonchev–Trinajstić information content (AvgIpc) is 3.64. The Kier molecular flexibility index (Phi) is 11.4. The van der Waals surface area contributed by atoms with Crippen molar-refractivity contribution < 1.29 is 28.8 Å². The lowest BCUT2D eigenvalue weighted by Gasteiger charge is -2.28. The summed E-state index contributed by atoms with van der Waals surface area (Å²) in [5, 5.41) is 23.7. The van der Waals surface area contributed by atoms with Crippen LogP contribution >= 0.6 is 0 Å². The van der Waals surface area contributed by atoms with Crippen molar-refractivity contribution in [3.8, 4) is 0 Å². The van der Waals surface area contributed by atoms with Crippen LogP contribution in [-0.2, 0) is 24.2 Å². The summed E-state index contributed by atoms with van der Waals surface area (Å²) in [6.45, 7) is -0.0325. The monoisotopic (exact) mass is 633 g/mol. The van der Waals surface area contributed by atoms with E-state index in [9.17, 15) is 19.5 Å². The number of hydrogen-bond acceptors (Lipinski definition) is 8. The maximum absolute atomic E-state index is 13.7. The summed E-state index contributed by atoms with van der Waals surface area (Å²) < 4.78 is 10.3. The number of amides is 3. The molecule has 5 aromatic rings. The smallest absolute Gasteiger partial charge is 0.412 e. The van der Waals surface area contributed by atoms with Gasteiger partial charge in [0.1, 0.15) is 6.61 Å². The number of benzene rings is 3. The zero-order valence-corrected chi connectivity index (χ0v) is 25.5. The first-order chi connectivity index (χ1) is 22.9. The molecule has 0 saturated heterocycles. The highest BCUT2D eigenvalue weighted by Crippen LogP contribution is 2.19. The second-order valence-electron chi connectivity index (χ2n) is 10.9. The van der Waals surface area contributed by atoms with E-state index in [1.54, 1.807) is 48.7 Å². The number of aromatic nitrogens is 2. The number of aliphatic hydroxyl groups is 1. The van der Waals surface area contributed by atoms with Gasteiger partial charge in [0.15, 0.2) is 0 Å². The van der Waals surface area contributed by atoms with E-state index in [0.29, 0.717) is 18.5 Å². The summed E-state index contributed by atoms with van der Waals surface area (Å²) in [6.07, 6.45) is 2.02. The first-order valence-corrected chi connectivity index (χ1v) is 15.2. The van der Waals surface area contributed by atoms with Crippen molar-refractivity contribution in [3.05, 3.63) is 150 Å². The Morgan fingerprint density at radius 1 is 0.745 bits per heavy atom. The number of carbonyl (C=O) groups is 3. The van der Waals surface area contributed by atoms with Crippen LogP contribution < -0.4 is 16.0 Å². The molecule has 0 aliphatic heterocycles. The Hall–Kier alpha value is -5.81. The number of nitrogens with zero attached hydrogens (tertiary/aromatic N) is 2. The molecule has 0 bridgehead atoms. The van der Waals surface area contributed by atoms with Gasteiger partial charge in [-0.15, -0.1) is 0 Å². The standard InChI is InChI=1S/C36H35N5O6/c42-32(31(22-26-13-5-2-6-14-26)40-35(44)33-18-20-38-47-33)23-28(21-25-11-3-1-4-12-25)39-34(43)29-16-7-8-17-30(29)41-36(45)46-24-27-15-9-10-19-37-27/h1-20,28,31-32,42H,21-24H2,(H,39,43)(H,40,44)(H,41,45)/t28-,31-,32-/m0/s1. The van der Waals surface area contributed by atoms with Gasteiger partial charge in [-0.25, -0.2) is 4.79 Å². The van der Waals surface area contributed by atoms with Crippen LogP contribution in [0.15, 0.2) is 126 Å². The molecule has 3 aromatic carbocycles. The SMILES string of the molecule is O=C(Nc1ccccc1C(=O)N[C@@H](Cc1ccccc1)C[C@H](O)[C@H](Cc1ccccc1)NC(=O)c1ccno1)OCc1ccccn1. The fraction of sp³-hybridized carbons (Fsp3) is 0.194. The molecule has 4 N–H and O–H groups in total. The van der Waals surface area contributed by atoms with E-state index in [-0.39, 0.29) is 30.0 Å². The highest BCUT2D eigenvalue weighted by Gasteiger charge is 2.28. The Balaban J connectivity index is 1.31. The lowest BCUT2D eigenvalue weighted by Crippen LogP contribution is -2.48. The average molecular weight is 634 g/mol. The van der Waals surface area contributed by atoms with E-state index in [2.05, 4.69) is 26.1 Å². The van der Waals surface area contributed by atoms with E-state index in [4.69, 9.17) is 9.26 Å². The van der Waals surface area contributed by atoms with Gasteiger partial charge in [-0.3, -0.25) is 19.9 Å². The predicted molar refractivity (Wildman–Crippen MR) is 174 cm³/mol. The third kappa shape index (κ3) is 9.84. The van der Waals surface area contributed by atoms with Gasteiger partial charge < -0.3 is 25.0 Å². The normalized spacial score (nSPS) is 12.7. The number of nitrogens with one attached hydrogen (secondary N) is 3. The molecule has 3 atom stereocenters. The fourth-order valence-electron chi connectivity index (χ4n) is 5.09. The number of anilines is 1. The lowest BCUT2D eigenvalue weighted by molar-refractivity contribution is 0.0732. The van der Waals surface area contributed by atoms with E-state index in [0.717, 1.165) is 11.1 Å². The van der Waals surface area contributed by atoms with Crippen LogP contribution in [0.25, 0.3) is 0 Å². The number of rotatable bonds is 14. The first-order valence-electron chi connectivity index (χ1n) is 15.2. The van der Waals surface area contributed by atoms with Crippen LogP contribution in [-0.4, -0.2) is 51.3 Å². The molecule has 0 radical (unpaired) electrons. The quantitative estimate of drug-likeness (QED) is 0.134. The second-order valence-corrected chi connectivity index (χ2v) is 10.9. The van der Waals surface area contributed by atoms with Crippen LogP contribution in [0, 0.1) is 0 Å². The highest BCUT2D eigenvalue weighted by atomic mass is 16.5. The molecule has 0 aliphatic carbocycles. The van der Waals surface area contributed by atoms with Crippen LogP contribution in [0.5, 0.6) is 0 Å². The molecule has 0 unspecified atom stereocenters. The zero-order chi connectivity index (χ0) is 32.8. The predicted octanol–water partition coefficient (Wildman–Crippen LogP) is 4.95. The Morgan fingerprint density at radius 2 is 1.43 bits per heavy atom. The van der Waals surface area contributed by atoms with Gasteiger partial charge in [-0.05, 0) is 54.7 Å². The Bertz CT molecular complexity index is 1720. The first kappa shape index (κ1) is 32.6. The Morgan fingerprint density at radius 3 is 2.11 bits per heavy atom. The summed E-state index contributed by atoms with van der Waals surface area (Å²) in [5.41, 5.74) is 2.91. The molecule has 2 aromatic heterocycles. The fourth-order valence-corrected chi connectivity index (χ4v) is 5.09. The molecule has 11 heteroatoms. The molecule has 0 spiro atoms. The van der Waals surface area contributed by atoms with E-state index in [1.807, 2.05) is 60.7 Å². The van der Waals surface area contributed by atoms with Crippen molar-refractivity contribution in [3.63, 3.8) is 0 Å². The molecular weight excluding hydrogens is 598 g/mol. The van der Waals surface area contributed by atoms with Gasteiger partial charge in [0.25, 0.3) is 11.8 Å². The van der Waals surface area contributed by atoms with Crippen molar-refractivity contribution in [2.75, 3.05) is 5.32 Å². The highest BCUT2D eigenvalue weighted by molar-refractivity contribution is 6.02. The molecule has 0 saturated carbocycles. The van der Waals surface area contributed by atoms with Gasteiger partial charge >= 0.3 is 6.09 Å². The van der Waals surface area contributed by atoms with Gasteiger partial charge in [0.05, 0.1) is 35.3 Å². The van der Waals surface area contributed by atoms with Crippen LogP contribution in [0.1, 0.15) is 44.2 Å². The van der Waals surface area contributed by atoms with Gasteiger partial charge in [-0.2, -0.15) is 0 Å². The van der Waals surface area contributed by atoms with Crippen molar-refractivity contribution >= 4 is 23.6 Å². The number of pyridine rings is 1. The minimum absolute atomic E-state index is 0.0204. The summed E-state index contributed by atoms with van der Waals surface area (Å²) in [4.78, 5) is 43.4. The van der Waals surface area contributed by atoms with E-state index < -0.39 is 36.1 Å². The summed E-state index contributed by atoms with van der Waals surface area (Å²) in [7, 11) is 0. The zero-order valence-electron chi connectivity index (χ0n) is 25.5. The maximum atomic E-state index is 13.7. The van der Waals surface area contributed by atoms with E-state index in [1.165, 1.54) is 12.3 Å². The van der Waals surface area contributed by atoms with Crippen LogP contribution in [0.4, 0.5) is 10.5 Å². The molecule has 0 aliphatic rings. The van der Waals surface area contributed by atoms with Crippen molar-refractivity contribution in [1.82, 2.24) is 20.8 Å². The number of para-hydroxylation sites is 1. The van der Waals surface area contributed by atoms with Gasteiger partial charge in [0.2, 0.25) is 5.76 Å². The van der Waals surface area contributed by atoms with Crippen molar-refractivity contribution in [2.45, 2.75) is 44.1 Å². The third-order valence-electron chi connectivity index (χ3n) is 7.41. The summed E-state index contributed by atoms with van der Waals surface area (Å²) in [6, 6.07) is 31.1. The lowest BCUT2D eigenvalue weighted by atomic mass is 9.93. The number of hydrogen-bond donors (Lipinski definition) is 4. The van der Waals surface area contributed by atoms with Crippen molar-refractivity contribution in [2.24, 2.45) is 0 Å².